The van der Waals surface area contributed by atoms with Gasteiger partial charge in [-0.3, -0.25) is 4.55 Å². The molecule has 0 unspecified atom stereocenters. The van der Waals surface area contributed by atoms with Crippen molar-refractivity contribution < 1.29 is 65.1 Å². The number of alkyl halides is 9. The summed E-state index contributed by atoms with van der Waals surface area (Å²) in [6.45, 7) is 0. The third-order valence-corrected chi connectivity index (χ3v) is 3.53. The molecule has 0 amide bonds. The van der Waals surface area contributed by atoms with Gasteiger partial charge in [0.15, 0.2) is 0 Å². The number of rotatable bonds is 2. The molecule has 1 rings (SSSR count). The van der Waals surface area contributed by atoms with Crippen LogP contribution in [0.2, 0.25) is 0 Å². The zero-order chi connectivity index (χ0) is 21.2. The standard InChI is InChI=1S/C8H4F6O3S.CHF3O3S/c9-7(10,11)5-1-3-6(4-2-5)17-18(15,16)8(12,13)14;2-1(3,4)8(5,6)7/h1-4H;(H,5,6,7). The molecule has 0 fully saturated rings. The molecule has 152 valence electrons. The van der Waals surface area contributed by atoms with Gasteiger partial charge >= 0.3 is 37.4 Å². The maximum Gasteiger partial charge on any atom is 0.534 e. The number of benzene rings is 1. The van der Waals surface area contributed by atoms with E-state index in [1.165, 1.54) is 0 Å². The number of hydrogen-bond acceptors (Lipinski definition) is 5. The van der Waals surface area contributed by atoms with Crippen molar-refractivity contribution in [3.05, 3.63) is 29.8 Å². The minimum atomic E-state index is -5.88. The minimum Gasteiger partial charge on any atom is -0.376 e. The molecule has 17 heteroatoms. The Morgan fingerprint density at radius 1 is 0.731 bits per heavy atom. The molecule has 0 saturated carbocycles. The highest BCUT2D eigenvalue weighted by Gasteiger charge is 2.48. The molecule has 1 N–H and O–H groups in total. The third-order valence-electron chi connectivity index (χ3n) is 1.96. The first-order chi connectivity index (χ1) is 11.2. The van der Waals surface area contributed by atoms with E-state index >= 15 is 0 Å². The van der Waals surface area contributed by atoms with E-state index in [9.17, 15) is 47.9 Å². The van der Waals surface area contributed by atoms with Crippen LogP contribution in [0.4, 0.5) is 39.5 Å². The van der Waals surface area contributed by atoms with Crippen LogP contribution in [0.5, 0.6) is 5.75 Å². The summed E-state index contributed by atoms with van der Waals surface area (Å²) in [7, 11) is -11.7. The maximum absolute atomic E-state index is 12.1. The molecule has 0 aliphatic heterocycles. The third kappa shape index (κ3) is 7.24. The molecule has 6 nitrogen and oxygen atoms in total. The van der Waals surface area contributed by atoms with Crippen LogP contribution in [-0.2, 0) is 26.4 Å². The van der Waals surface area contributed by atoms with E-state index < -0.39 is 48.7 Å². The minimum absolute atomic E-state index is 0.404. The van der Waals surface area contributed by atoms with E-state index in [2.05, 4.69) is 4.18 Å². The zero-order valence-electron chi connectivity index (χ0n) is 11.5. The molecular weight excluding hydrogens is 439 g/mol. The normalized spacial score (nSPS) is 13.6. The topological polar surface area (TPSA) is 97.7 Å². The molecule has 0 aliphatic rings. The van der Waals surface area contributed by atoms with Crippen LogP contribution in [0.15, 0.2) is 24.3 Å². The Kier molecular flexibility index (Phi) is 6.97. The summed E-state index contributed by atoms with van der Waals surface area (Å²) < 4.78 is 154. The van der Waals surface area contributed by atoms with Gasteiger partial charge in [0, 0.05) is 0 Å². The Hall–Kier alpha value is -1.75. The predicted molar refractivity (Wildman–Crippen MR) is 64.7 cm³/mol. The van der Waals surface area contributed by atoms with Gasteiger partial charge in [0.25, 0.3) is 0 Å². The van der Waals surface area contributed by atoms with Gasteiger partial charge in [0.2, 0.25) is 0 Å². The molecule has 0 aliphatic carbocycles. The fourth-order valence-corrected chi connectivity index (χ4v) is 1.33. The maximum atomic E-state index is 12.1. The van der Waals surface area contributed by atoms with Crippen molar-refractivity contribution in [1.29, 1.82) is 0 Å². The summed E-state index contributed by atoms with van der Waals surface area (Å²) in [6, 6.07) is 1.76. The van der Waals surface area contributed by atoms with Crippen molar-refractivity contribution in [1.82, 2.24) is 0 Å². The van der Waals surface area contributed by atoms with E-state index in [0.717, 1.165) is 0 Å². The van der Waals surface area contributed by atoms with Crippen LogP contribution in [0.1, 0.15) is 5.56 Å². The molecule has 0 spiro atoms. The van der Waals surface area contributed by atoms with E-state index in [1.807, 2.05) is 0 Å². The average Bonchev–Trinajstić information content (AvgIpc) is 2.34. The molecule has 1 aromatic carbocycles. The van der Waals surface area contributed by atoms with Gasteiger partial charge in [-0.1, -0.05) is 0 Å². The Labute approximate surface area is 139 Å². The van der Waals surface area contributed by atoms with Gasteiger partial charge in [-0.2, -0.15) is 56.3 Å². The van der Waals surface area contributed by atoms with E-state index in [1.54, 1.807) is 0 Å². The molecule has 0 radical (unpaired) electrons. The quantitative estimate of drug-likeness (QED) is 0.325. The molecule has 0 heterocycles. The summed E-state index contributed by atoms with van der Waals surface area (Å²) >= 11 is 0. The molecule has 0 aromatic heterocycles. The van der Waals surface area contributed by atoms with Gasteiger partial charge in [-0.05, 0) is 24.3 Å². The molecular formula is C9H5F9O6S2. The van der Waals surface area contributed by atoms with Gasteiger partial charge < -0.3 is 4.18 Å². The van der Waals surface area contributed by atoms with E-state index in [0.29, 0.717) is 24.3 Å². The van der Waals surface area contributed by atoms with Gasteiger partial charge in [0.1, 0.15) is 5.75 Å². The van der Waals surface area contributed by atoms with E-state index in [4.69, 9.17) is 13.0 Å². The second-order valence-electron chi connectivity index (χ2n) is 3.93. The van der Waals surface area contributed by atoms with Crippen molar-refractivity contribution in [2.45, 2.75) is 17.2 Å². The van der Waals surface area contributed by atoms with E-state index in [-0.39, 0.29) is 0 Å². The molecule has 1 aromatic rings. The van der Waals surface area contributed by atoms with Crippen LogP contribution in [0, 0.1) is 0 Å². The Morgan fingerprint density at radius 3 is 1.31 bits per heavy atom. The lowest BCUT2D eigenvalue weighted by atomic mass is 10.2. The van der Waals surface area contributed by atoms with Gasteiger partial charge in [-0.25, -0.2) is 0 Å². The van der Waals surface area contributed by atoms with Crippen molar-refractivity contribution in [3.63, 3.8) is 0 Å². The predicted octanol–water partition coefficient (Wildman–Crippen LogP) is 3.33. The summed E-state index contributed by atoms with van der Waals surface area (Å²) in [5.41, 5.74) is -12.3. The highest BCUT2D eigenvalue weighted by Crippen LogP contribution is 2.32. The number of halogens is 9. The first kappa shape index (κ1) is 24.2. The lowest BCUT2D eigenvalue weighted by Gasteiger charge is -2.10. The van der Waals surface area contributed by atoms with Gasteiger partial charge in [0.05, 0.1) is 5.56 Å². The van der Waals surface area contributed by atoms with Crippen molar-refractivity contribution in [3.8, 4) is 5.75 Å². The highest BCUT2D eigenvalue weighted by atomic mass is 32.2. The van der Waals surface area contributed by atoms with Crippen LogP contribution >= 0.6 is 0 Å². The monoisotopic (exact) mass is 444 g/mol. The summed E-state index contributed by atoms with van der Waals surface area (Å²) in [5.74, 6) is -0.861. The van der Waals surface area contributed by atoms with Crippen LogP contribution in [0.25, 0.3) is 0 Å². The Bertz CT molecular complexity index is 803. The zero-order valence-corrected chi connectivity index (χ0v) is 13.1. The second kappa shape index (κ2) is 7.47. The molecule has 0 atom stereocenters. The first-order valence-electron chi connectivity index (χ1n) is 5.40. The molecule has 26 heavy (non-hydrogen) atoms. The summed E-state index contributed by atoms with van der Waals surface area (Å²) in [4.78, 5) is 0. The summed E-state index contributed by atoms with van der Waals surface area (Å²) in [5, 5.41) is 0. The van der Waals surface area contributed by atoms with Crippen molar-refractivity contribution in [2.24, 2.45) is 0 Å². The van der Waals surface area contributed by atoms with Crippen LogP contribution in [0.3, 0.4) is 0 Å². The fraction of sp³-hybridized carbons (Fsp3) is 0.333. The van der Waals surface area contributed by atoms with Crippen molar-refractivity contribution in [2.75, 3.05) is 0 Å². The Morgan fingerprint density at radius 2 is 1.08 bits per heavy atom. The lowest BCUT2D eigenvalue weighted by Crippen LogP contribution is -2.28. The summed E-state index contributed by atoms with van der Waals surface area (Å²) in [6.07, 6.45) is -4.68. The van der Waals surface area contributed by atoms with Gasteiger partial charge in [-0.15, -0.1) is 0 Å². The first-order valence-corrected chi connectivity index (χ1v) is 8.25. The highest BCUT2D eigenvalue weighted by molar-refractivity contribution is 7.88. The average molecular weight is 444 g/mol. The fourth-order valence-electron chi connectivity index (χ4n) is 0.873. The molecule has 0 bridgehead atoms. The smallest absolute Gasteiger partial charge is 0.376 e. The largest absolute Gasteiger partial charge is 0.534 e. The van der Waals surface area contributed by atoms with Crippen LogP contribution in [-0.4, -0.2) is 32.4 Å². The van der Waals surface area contributed by atoms with Crippen molar-refractivity contribution >= 4 is 20.2 Å². The Balaban J connectivity index is 0.000000660. The molecule has 0 saturated heterocycles. The lowest BCUT2D eigenvalue weighted by molar-refractivity contribution is -0.137. The van der Waals surface area contributed by atoms with Crippen LogP contribution < -0.4 is 4.18 Å². The number of hydrogen-bond donors (Lipinski definition) is 1. The second-order valence-corrected chi connectivity index (χ2v) is 6.88. The SMILES string of the molecule is O=S(=O)(O)C(F)(F)F.O=S(=O)(Oc1ccc(C(F)(F)F)cc1)C(F)(F)F.